The van der Waals surface area contributed by atoms with Crippen LogP contribution >= 0.6 is 0 Å². The molecule has 0 aliphatic carbocycles. The van der Waals surface area contributed by atoms with Crippen molar-refractivity contribution < 1.29 is 32.7 Å². The van der Waals surface area contributed by atoms with E-state index in [1.54, 1.807) is 32.0 Å². The highest BCUT2D eigenvalue weighted by molar-refractivity contribution is 7.74. The number of benzene rings is 1. The largest absolute Gasteiger partial charge is 0.480 e. The second-order valence-corrected chi connectivity index (χ2v) is 8.50. The highest BCUT2D eigenvalue weighted by Crippen LogP contribution is 2.15. The maximum atomic E-state index is 12.9. The number of aliphatic carboxylic acids is 1. The van der Waals surface area contributed by atoms with E-state index < -0.39 is 63.3 Å². The van der Waals surface area contributed by atoms with Crippen LogP contribution in [0.2, 0.25) is 0 Å². The van der Waals surface area contributed by atoms with Crippen molar-refractivity contribution in [3.8, 4) is 0 Å². The Morgan fingerprint density at radius 1 is 1.06 bits per heavy atom. The zero-order chi connectivity index (χ0) is 23.7. The predicted molar refractivity (Wildman–Crippen MR) is 114 cm³/mol. The molecule has 0 aliphatic heterocycles. The lowest BCUT2D eigenvalue weighted by Gasteiger charge is -2.25. The number of rotatable bonds is 12. The van der Waals surface area contributed by atoms with Gasteiger partial charge in [-0.1, -0.05) is 44.2 Å². The number of carboxylic acid groups (broad SMARTS) is 1. The number of carboxylic acids is 1. The summed E-state index contributed by atoms with van der Waals surface area (Å²) < 4.78 is 22.3. The van der Waals surface area contributed by atoms with Crippen LogP contribution in [0.3, 0.4) is 0 Å². The first-order valence-electron chi connectivity index (χ1n) is 9.53. The fourth-order valence-corrected chi connectivity index (χ4v) is 3.19. The monoisotopic (exact) mass is 453 g/mol. The summed E-state index contributed by atoms with van der Waals surface area (Å²) >= 11 is 0. The average molecular weight is 454 g/mol. The minimum Gasteiger partial charge on any atom is -0.480 e. The minimum atomic E-state index is -2.75. The molecule has 0 aliphatic rings. The van der Waals surface area contributed by atoms with Crippen molar-refractivity contribution in [1.82, 2.24) is 10.6 Å². The van der Waals surface area contributed by atoms with Crippen molar-refractivity contribution >= 4 is 38.7 Å². The molecular formula is C20H27N3O7S. The Morgan fingerprint density at radius 3 is 2.10 bits per heavy atom. The predicted octanol–water partition coefficient (Wildman–Crippen LogP) is -0.183. The van der Waals surface area contributed by atoms with E-state index in [1.165, 1.54) is 12.1 Å². The molecule has 0 heterocycles. The van der Waals surface area contributed by atoms with Gasteiger partial charge in [0.05, 0.1) is 18.5 Å². The van der Waals surface area contributed by atoms with E-state index in [4.69, 9.17) is 5.73 Å². The van der Waals surface area contributed by atoms with Gasteiger partial charge < -0.3 is 16.2 Å². The summed E-state index contributed by atoms with van der Waals surface area (Å²) in [5, 5.41) is 14.6. The minimum absolute atomic E-state index is 0.0687. The van der Waals surface area contributed by atoms with Gasteiger partial charge in [-0.05, 0) is 24.8 Å². The number of amides is 2. The number of primary amides is 1. The van der Waals surface area contributed by atoms with Gasteiger partial charge in [-0.25, -0.2) is 0 Å². The molecule has 10 nitrogen and oxygen atoms in total. The maximum Gasteiger partial charge on any atom is 0.325 e. The van der Waals surface area contributed by atoms with Crippen LogP contribution in [0.25, 0.3) is 0 Å². The number of ketones is 1. The highest BCUT2D eigenvalue weighted by Gasteiger charge is 2.32. The van der Waals surface area contributed by atoms with E-state index in [2.05, 4.69) is 10.6 Å². The summed E-state index contributed by atoms with van der Waals surface area (Å²) in [5.41, 5.74) is 5.57. The van der Waals surface area contributed by atoms with Crippen LogP contribution in [0.1, 0.15) is 45.2 Å². The molecule has 5 N–H and O–H groups in total. The molecular weight excluding hydrogens is 426 g/mol. The van der Waals surface area contributed by atoms with E-state index in [-0.39, 0.29) is 12.3 Å². The van der Waals surface area contributed by atoms with E-state index in [0.29, 0.717) is 5.56 Å². The smallest absolute Gasteiger partial charge is 0.325 e. The third kappa shape index (κ3) is 8.30. The Balaban J connectivity index is 3.19. The molecule has 1 aromatic carbocycles. The van der Waals surface area contributed by atoms with Crippen molar-refractivity contribution in [3.63, 3.8) is 0 Å². The Morgan fingerprint density at radius 2 is 1.65 bits per heavy atom. The molecule has 11 heteroatoms. The molecule has 170 valence electrons. The average Bonchev–Trinajstić information content (AvgIpc) is 2.68. The van der Waals surface area contributed by atoms with Crippen molar-refractivity contribution in [2.75, 3.05) is 0 Å². The topological polar surface area (TPSA) is 173 Å². The summed E-state index contributed by atoms with van der Waals surface area (Å²) in [7, 11) is -2.75. The summed E-state index contributed by atoms with van der Waals surface area (Å²) in [6.07, 6.45) is -0.384. The molecule has 0 radical (unpaired) electrons. The second-order valence-electron chi connectivity index (χ2n) is 7.42. The lowest BCUT2D eigenvalue weighted by molar-refractivity contribution is -0.140. The standard InChI is InChI=1S/C20H27N3O7S/c1-11(2)9-14(18(25)12(3)31(29)30)23-19(26)15(10-16(21)24)22-17(20(27)28)13-7-5-4-6-8-13/h4-8,11,14-15,17,22H,9-10H2,1-3H3,(H2,21,24)(H,23,26)(H,27,28)/t14-,15-,17?/m0/s1. The molecule has 0 spiro atoms. The van der Waals surface area contributed by atoms with Gasteiger partial charge in [-0.3, -0.25) is 24.5 Å². The van der Waals surface area contributed by atoms with Crippen LogP contribution in [0, 0.1) is 5.92 Å². The van der Waals surface area contributed by atoms with E-state index in [1.807, 2.05) is 0 Å². The molecule has 31 heavy (non-hydrogen) atoms. The van der Waals surface area contributed by atoms with Crippen molar-refractivity contribution in [1.29, 1.82) is 0 Å². The van der Waals surface area contributed by atoms with Gasteiger partial charge in [0.15, 0.2) is 5.78 Å². The molecule has 2 amide bonds. The van der Waals surface area contributed by atoms with Crippen LogP contribution in [-0.4, -0.2) is 54.0 Å². The van der Waals surface area contributed by atoms with Crippen LogP contribution < -0.4 is 16.4 Å². The number of nitrogens with two attached hydrogens (primary N) is 1. The van der Waals surface area contributed by atoms with Gasteiger partial charge in [0.1, 0.15) is 10.9 Å². The second kappa shape index (κ2) is 12.0. The molecule has 0 bridgehead atoms. The molecule has 3 atom stereocenters. The number of Topliss-reactive ketones (excluding diaryl/α,β-unsaturated/α-hetero) is 1. The molecule has 0 saturated carbocycles. The van der Waals surface area contributed by atoms with Crippen LogP contribution in [-0.2, 0) is 29.5 Å². The molecule has 0 aromatic heterocycles. The number of carbonyl (C=O) groups excluding carboxylic acids is 3. The van der Waals surface area contributed by atoms with Gasteiger partial charge in [0, 0.05) is 0 Å². The van der Waals surface area contributed by atoms with Gasteiger partial charge >= 0.3 is 5.97 Å². The van der Waals surface area contributed by atoms with E-state index in [0.717, 1.165) is 6.92 Å². The Hall–Kier alpha value is -3.05. The van der Waals surface area contributed by atoms with E-state index in [9.17, 15) is 32.7 Å². The van der Waals surface area contributed by atoms with Gasteiger partial charge in [-0.15, -0.1) is 0 Å². The van der Waals surface area contributed by atoms with Gasteiger partial charge in [0.2, 0.25) is 22.1 Å². The molecule has 1 rings (SSSR count). The third-order valence-corrected chi connectivity index (χ3v) is 5.11. The number of hydrogen-bond acceptors (Lipinski definition) is 7. The first kappa shape index (κ1) is 26.0. The number of nitrogens with one attached hydrogen (secondary N) is 2. The molecule has 0 fully saturated rings. The Bertz CT molecular complexity index is 950. The number of carbonyl (C=O) groups is 4. The summed E-state index contributed by atoms with van der Waals surface area (Å²) in [4.78, 5) is 48.2. The zero-order valence-electron chi connectivity index (χ0n) is 17.5. The summed E-state index contributed by atoms with van der Waals surface area (Å²) in [6, 6.07) is 4.16. The Labute approximate surface area is 181 Å². The van der Waals surface area contributed by atoms with Crippen molar-refractivity contribution in [2.45, 2.75) is 51.7 Å². The fourth-order valence-electron chi connectivity index (χ4n) is 2.89. The summed E-state index contributed by atoms with van der Waals surface area (Å²) in [5.74, 6) is -3.84. The van der Waals surface area contributed by atoms with Crippen molar-refractivity contribution in [2.24, 2.45) is 11.7 Å². The molecule has 1 aromatic rings. The third-order valence-electron chi connectivity index (χ3n) is 4.41. The van der Waals surface area contributed by atoms with Crippen LogP contribution in [0.4, 0.5) is 0 Å². The highest BCUT2D eigenvalue weighted by atomic mass is 32.2. The quantitative estimate of drug-likeness (QED) is 0.315. The fraction of sp³-hybridized carbons (Fsp3) is 0.450. The van der Waals surface area contributed by atoms with Gasteiger partial charge in [-0.2, -0.15) is 8.42 Å². The SMILES string of the molecule is CC(C(=O)[C@H](CC(C)C)NC(=O)[C@H](CC(N)=O)NC(C(=O)O)c1ccccc1)=S(=O)=O. The first-order valence-corrected chi connectivity index (χ1v) is 10.6. The van der Waals surface area contributed by atoms with Crippen LogP contribution in [0.5, 0.6) is 0 Å². The summed E-state index contributed by atoms with van der Waals surface area (Å²) in [6.45, 7) is 4.69. The molecule has 0 saturated heterocycles. The normalized spacial score (nSPS) is 13.7. The zero-order valence-corrected chi connectivity index (χ0v) is 18.3. The molecule has 1 unspecified atom stereocenters. The lowest BCUT2D eigenvalue weighted by Crippen LogP contribution is -2.54. The Kier molecular flexibility index (Phi) is 10.0. The maximum absolute atomic E-state index is 12.9. The van der Waals surface area contributed by atoms with Crippen LogP contribution in [0.15, 0.2) is 30.3 Å². The van der Waals surface area contributed by atoms with E-state index >= 15 is 0 Å². The lowest BCUT2D eigenvalue weighted by atomic mass is 9.98. The number of hydrogen-bond donors (Lipinski definition) is 4. The van der Waals surface area contributed by atoms with Crippen molar-refractivity contribution in [3.05, 3.63) is 35.9 Å². The van der Waals surface area contributed by atoms with Gasteiger partial charge in [0.25, 0.3) is 0 Å². The first-order chi connectivity index (χ1) is 14.4.